The molecule has 2 heterocycles. The lowest BCUT2D eigenvalue weighted by Gasteiger charge is -2.33. The molecular weight excluding hydrogens is 296 g/mol. The van der Waals surface area contributed by atoms with E-state index in [2.05, 4.69) is 41.7 Å². The maximum atomic E-state index is 13.0. The zero-order valence-electron chi connectivity index (χ0n) is 13.6. The molecule has 2 aromatic rings. The van der Waals surface area contributed by atoms with E-state index in [1.807, 2.05) is 41.3 Å². The lowest BCUT2D eigenvalue weighted by atomic mass is 9.99. The first kappa shape index (κ1) is 15.0. The van der Waals surface area contributed by atoms with E-state index in [0.717, 1.165) is 30.4 Å². The highest BCUT2D eigenvalue weighted by molar-refractivity contribution is 5.77. The average Bonchev–Trinajstić information content (AvgIpc) is 2.90. The van der Waals surface area contributed by atoms with Crippen molar-refractivity contribution in [3.63, 3.8) is 0 Å². The van der Waals surface area contributed by atoms with Crippen molar-refractivity contribution in [2.45, 2.75) is 37.4 Å². The van der Waals surface area contributed by atoms with Crippen LogP contribution in [0.15, 0.2) is 72.8 Å². The van der Waals surface area contributed by atoms with Crippen LogP contribution in [0.1, 0.15) is 36.4 Å². The highest BCUT2D eigenvalue weighted by Crippen LogP contribution is 2.32. The predicted octanol–water partition coefficient (Wildman–Crippen LogP) is 4.28. The van der Waals surface area contributed by atoms with Crippen molar-refractivity contribution in [1.82, 2.24) is 10.2 Å². The number of urea groups is 1. The van der Waals surface area contributed by atoms with Crippen molar-refractivity contribution in [3.05, 3.63) is 83.9 Å². The Balaban J connectivity index is 1.61. The number of nitrogens with zero attached hydrogens (tertiary/aromatic N) is 1. The lowest BCUT2D eigenvalue weighted by molar-refractivity contribution is 0.176. The van der Waals surface area contributed by atoms with Crippen LogP contribution in [0.4, 0.5) is 4.79 Å². The summed E-state index contributed by atoms with van der Waals surface area (Å²) >= 11 is 0. The second-order valence-corrected chi connectivity index (χ2v) is 6.57. The van der Waals surface area contributed by atoms with E-state index < -0.39 is 0 Å². The number of amides is 2. The zero-order valence-corrected chi connectivity index (χ0v) is 13.6. The molecule has 0 aliphatic carbocycles. The van der Waals surface area contributed by atoms with Crippen LogP contribution in [0.25, 0.3) is 0 Å². The molecule has 2 aliphatic heterocycles. The summed E-state index contributed by atoms with van der Waals surface area (Å²) < 4.78 is 0. The molecule has 2 unspecified atom stereocenters. The third-order valence-electron chi connectivity index (χ3n) is 5.08. The van der Waals surface area contributed by atoms with E-state index in [1.165, 1.54) is 0 Å². The summed E-state index contributed by atoms with van der Waals surface area (Å²) in [4.78, 5) is 15.0. The summed E-state index contributed by atoms with van der Waals surface area (Å²) in [5.41, 5.74) is 2.22. The van der Waals surface area contributed by atoms with Gasteiger partial charge < -0.3 is 10.2 Å². The number of nitrogens with one attached hydrogen (secondary N) is 1. The summed E-state index contributed by atoms with van der Waals surface area (Å²) in [5, 5.41) is 3.27. The summed E-state index contributed by atoms with van der Waals surface area (Å²) in [6.07, 6.45) is 7.56. The second-order valence-electron chi connectivity index (χ2n) is 6.57. The molecule has 122 valence electrons. The van der Waals surface area contributed by atoms with Crippen molar-refractivity contribution in [2.24, 2.45) is 0 Å². The Morgan fingerprint density at radius 2 is 1.58 bits per heavy atom. The third-order valence-corrected chi connectivity index (χ3v) is 5.08. The predicted molar refractivity (Wildman–Crippen MR) is 95.7 cm³/mol. The number of hydrogen-bond acceptors (Lipinski definition) is 1. The van der Waals surface area contributed by atoms with Gasteiger partial charge in [0, 0.05) is 6.04 Å². The second kappa shape index (κ2) is 6.52. The van der Waals surface area contributed by atoms with Gasteiger partial charge >= 0.3 is 6.03 Å². The average molecular weight is 318 g/mol. The molecule has 3 heteroatoms. The van der Waals surface area contributed by atoms with Crippen LogP contribution < -0.4 is 5.32 Å². The Kier molecular flexibility index (Phi) is 4.08. The Morgan fingerprint density at radius 3 is 2.17 bits per heavy atom. The zero-order chi connectivity index (χ0) is 16.4. The number of hydrogen-bond donors (Lipinski definition) is 1. The van der Waals surface area contributed by atoms with Crippen LogP contribution in [-0.2, 0) is 0 Å². The molecule has 24 heavy (non-hydrogen) atoms. The Labute approximate surface area is 143 Å². The molecule has 2 amide bonds. The summed E-state index contributed by atoms with van der Waals surface area (Å²) in [6.45, 7) is 0. The van der Waals surface area contributed by atoms with Gasteiger partial charge in [-0.25, -0.2) is 4.79 Å². The van der Waals surface area contributed by atoms with Crippen LogP contribution >= 0.6 is 0 Å². The minimum atomic E-state index is -0.120. The Morgan fingerprint density at radius 1 is 0.958 bits per heavy atom. The standard InChI is InChI=1S/C21H22N2O/c24-21(23-18-12-7-13-19(23)15-14-18)22-20(16-8-3-1-4-9-16)17-10-5-2-6-11-17/h1-12,18-20H,13-15H2,(H,22,24). The molecule has 0 aromatic heterocycles. The van der Waals surface area contributed by atoms with E-state index in [4.69, 9.17) is 0 Å². The van der Waals surface area contributed by atoms with Gasteiger partial charge in [0.05, 0.1) is 12.1 Å². The number of benzene rings is 2. The Hall–Kier alpha value is -2.55. The van der Waals surface area contributed by atoms with Gasteiger partial charge in [-0.1, -0.05) is 72.8 Å². The first-order valence-electron chi connectivity index (χ1n) is 8.68. The van der Waals surface area contributed by atoms with Gasteiger partial charge in [-0.3, -0.25) is 0 Å². The molecule has 2 bridgehead atoms. The lowest BCUT2D eigenvalue weighted by Crippen LogP contribution is -2.48. The maximum Gasteiger partial charge on any atom is 0.318 e. The quantitative estimate of drug-likeness (QED) is 0.842. The minimum absolute atomic E-state index is 0.0459. The fourth-order valence-corrected chi connectivity index (χ4v) is 3.89. The van der Waals surface area contributed by atoms with E-state index in [1.54, 1.807) is 0 Å². The molecule has 2 aromatic carbocycles. The molecule has 1 saturated heterocycles. The molecule has 0 saturated carbocycles. The first-order chi connectivity index (χ1) is 11.8. The number of carbonyl (C=O) groups is 1. The monoisotopic (exact) mass is 318 g/mol. The molecule has 0 spiro atoms. The molecule has 3 nitrogen and oxygen atoms in total. The van der Waals surface area contributed by atoms with Crippen LogP contribution in [0.2, 0.25) is 0 Å². The van der Waals surface area contributed by atoms with Gasteiger partial charge in [-0.2, -0.15) is 0 Å². The van der Waals surface area contributed by atoms with Crippen molar-refractivity contribution in [1.29, 1.82) is 0 Å². The largest absolute Gasteiger partial charge is 0.327 e. The normalized spacial score (nSPS) is 22.0. The molecule has 1 N–H and O–H groups in total. The van der Waals surface area contributed by atoms with Crippen molar-refractivity contribution in [2.75, 3.05) is 0 Å². The van der Waals surface area contributed by atoms with E-state index in [-0.39, 0.29) is 18.1 Å². The van der Waals surface area contributed by atoms with Gasteiger partial charge in [0.2, 0.25) is 0 Å². The minimum Gasteiger partial charge on any atom is -0.327 e. The molecular formula is C21H22N2O. The van der Waals surface area contributed by atoms with Crippen LogP contribution in [0.5, 0.6) is 0 Å². The van der Waals surface area contributed by atoms with Crippen molar-refractivity contribution < 1.29 is 4.79 Å². The number of fused-ring (bicyclic) bond motifs is 2. The third kappa shape index (κ3) is 2.82. The van der Waals surface area contributed by atoms with Gasteiger partial charge in [-0.15, -0.1) is 0 Å². The maximum absolute atomic E-state index is 13.0. The van der Waals surface area contributed by atoms with Crippen molar-refractivity contribution in [3.8, 4) is 0 Å². The molecule has 2 atom stereocenters. The van der Waals surface area contributed by atoms with Gasteiger partial charge in [0.25, 0.3) is 0 Å². The first-order valence-corrected chi connectivity index (χ1v) is 8.68. The highest BCUT2D eigenvalue weighted by Gasteiger charge is 2.37. The number of rotatable bonds is 3. The topological polar surface area (TPSA) is 32.3 Å². The molecule has 1 fully saturated rings. The SMILES string of the molecule is O=C(NC(c1ccccc1)c1ccccc1)N1C2C=CCC1CC2. The van der Waals surface area contributed by atoms with Crippen molar-refractivity contribution >= 4 is 6.03 Å². The van der Waals surface area contributed by atoms with Crippen LogP contribution in [-0.4, -0.2) is 23.0 Å². The van der Waals surface area contributed by atoms with Crippen LogP contribution in [0, 0.1) is 0 Å². The smallest absolute Gasteiger partial charge is 0.318 e. The molecule has 0 radical (unpaired) electrons. The van der Waals surface area contributed by atoms with Gasteiger partial charge in [0.1, 0.15) is 0 Å². The fourth-order valence-electron chi connectivity index (χ4n) is 3.89. The summed E-state index contributed by atoms with van der Waals surface area (Å²) in [7, 11) is 0. The molecule has 4 rings (SSSR count). The molecule has 2 aliphatic rings. The summed E-state index contributed by atoms with van der Waals surface area (Å²) in [5.74, 6) is 0. The summed E-state index contributed by atoms with van der Waals surface area (Å²) in [6, 6.07) is 20.9. The Bertz CT molecular complexity index is 687. The van der Waals surface area contributed by atoms with E-state index in [0.29, 0.717) is 6.04 Å². The highest BCUT2D eigenvalue weighted by atomic mass is 16.2. The van der Waals surface area contributed by atoms with E-state index >= 15 is 0 Å². The van der Waals surface area contributed by atoms with Gasteiger partial charge in [-0.05, 0) is 30.4 Å². The van der Waals surface area contributed by atoms with E-state index in [9.17, 15) is 4.79 Å². The fraction of sp³-hybridized carbons (Fsp3) is 0.286. The number of carbonyl (C=O) groups excluding carboxylic acids is 1. The van der Waals surface area contributed by atoms with Crippen LogP contribution in [0.3, 0.4) is 0 Å². The van der Waals surface area contributed by atoms with Gasteiger partial charge in [0.15, 0.2) is 0 Å².